The highest BCUT2D eigenvalue weighted by atomic mass is 35.5. The molecule has 0 bridgehead atoms. The molecule has 2 aromatic carbocycles. The summed E-state index contributed by atoms with van der Waals surface area (Å²) in [6, 6.07) is 11.7. The lowest BCUT2D eigenvalue weighted by Crippen LogP contribution is -2.43. The molecule has 3 heterocycles. The Labute approximate surface area is 196 Å². The molecule has 2 aromatic heterocycles. The molecule has 1 fully saturated rings. The van der Waals surface area contributed by atoms with Gasteiger partial charge in [0.2, 0.25) is 0 Å². The van der Waals surface area contributed by atoms with Gasteiger partial charge in [0.25, 0.3) is 0 Å². The van der Waals surface area contributed by atoms with Crippen LogP contribution in [0.4, 0.5) is 0 Å². The lowest BCUT2D eigenvalue weighted by molar-refractivity contribution is 0.000482. The molecule has 0 aliphatic carbocycles. The van der Waals surface area contributed by atoms with Gasteiger partial charge in [-0.25, -0.2) is 9.97 Å². The van der Waals surface area contributed by atoms with Gasteiger partial charge in [-0.15, -0.1) is 0 Å². The van der Waals surface area contributed by atoms with Crippen molar-refractivity contribution in [2.75, 3.05) is 20.2 Å². The second kappa shape index (κ2) is 9.02. The number of aliphatic hydroxyl groups excluding tert-OH is 1. The zero-order valence-corrected chi connectivity index (χ0v) is 19.1. The molecular weight excluding hydrogens is 440 g/mol. The molecule has 1 aliphatic rings. The summed E-state index contributed by atoms with van der Waals surface area (Å²) in [5.41, 5.74) is 1.73. The maximum absolute atomic E-state index is 10.00. The van der Waals surface area contributed by atoms with Crippen molar-refractivity contribution in [3.05, 3.63) is 66.6 Å². The van der Waals surface area contributed by atoms with Crippen LogP contribution in [-0.2, 0) is 0 Å². The van der Waals surface area contributed by atoms with Gasteiger partial charge in [-0.1, -0.05) is 24.2 Å². The molecule has 8 heteroatoms. The van der Waals surface area contributed by atoms with Crippen LogP contribution in [0.15, 0.2) is 61.6 Å². The average molecular weight is 465 g/mol. The maximum Gasteiger partial charge on any atom is 0.162 e. The summed E-state index contributed by atoms with van der Waals surface area (Å²) in [6.45, 7) is 5.14. The van der Waals surface area contributed by atoms with Gasteiger partial charge in [-0.05, 0) is 43.2 Å². The van der Waals surface area contributed by atoms with Gasteiger partial charge >= 0.3 is 0 Å². The van der Waals surface area contributed by atoms with E-state index >= 15 is 0 Å². The number of hydrogen-bond donors (Lipinski definition) is 1. The van der Waals surface area contributed by atoms with E-state index in [9.17, 15) is 5.11 Å². The van der Waals surface area contributed by atoms with E-state index in [2.05, 4.69) is 16.5 Å². The van der Waals surface area contributed by atoms with Crippen molar-refractivity contribution in [1.82, 2.24) is 19.4 Å². The number of hydrogen-bond acceptors (Lipinski definition) is 6. The van der Waals surface area contributed by atoms with Crippen LogP contribution in [0.1, 0.15) is 12.8 Å². The molecule has 0 radical (unpaired) electrons. The predicted molar refractivity (Wildman–Crippen MR) is 129 cm³/mol. The molecule has 170 valence electrons. The monoisotopic (exact) mass is 464 g/mol. The Morgan fingerprint density at radius 2 is 1.97 bits per heavy atom. The molecule has 1 N–H and O–H groups in total. The molecule has 0 spiro atoms. The van der Waals surface area contributed by atoms with Crippen molar-refractivity contribution in [3.8, 4) is 17.3 Å². The van der Waals surface area contributed by atoms with E-state index < -0.39 is 6.23 Å². The third kappa shape index (κ3) is 4.15. The first-order chi connectivity index (χ1) is 16.1. The molecular formula is C25H25ClN4O3. The van der Waals surface area contributed by atoms with E-state index in [1.807, 2.05) is 52.1 Å². The summed E-state index contributed by atoms with van der Waals surface area (Å²) in [4.78, 5) is 11.0. The average Bonchev–Trinajstić information content (AvgIpc) is 3.26. The van der Waals surface area contributed by atoms with Crippen LogP contribution in [0.5, 0.6) is 11.5 Å². The topological polar surface area (TPSA) is 72.6 Å². The van der Waals surface area contributed by atoms with Crippen LogP contribution >= 0.6 is 11.6 Å². The number of ether oxygens (including phenoxy) is 2. The first-order valence-electron chi connectivity index (χ1n) is 10.9. The third-order valence-corrected chi connectivity index (χ3v) is 6.37. The number of aliphatic hydroxyl groups is 1. The lowest BCUT2D eigenvalue weighted by Gasteiger charge is -2.34. The van der Waals surface area contributed by atoms with Gasteiger partial charge in [-0.2, -0.15) is 0 Å². The quantitative estimate of drug-likeness (QED) is 0.421. The van der Waals surface area contributed by atoms with Crippen LogP contribution in [0.25, 0.3) is 27.6 Å². The first-order valence-corrected chi connectivity index (χ1v) is 11.3. The Kier molecular flexibility index (Phi) is 5.93. The molecule has 1 aliphatic heterocycles. The van der Waals surface area contributed by atoms with Crippen LogP contribution < -0.4 is 9.47 Å². The maximum atomic E-state index is 10.00. The molecule has 0 amide bonds. The van der Waals surface area contributed by atoms with Crippen molar-refractivity contribution in [2.45, 2.75) is 25.2 Å². The SMILES string of the molecule is C=CC(O)N1CCC(Oc2cc3c(-n4ccc5ccc(Cl)cc54)ncnc3cc2OC)CC1. The fourth-order valence-corrected chi connectivity index (χ4v) is 4.53. The van der Waals surface area contributed by atoms with Crippen LogP contribution in [-0.4, -0.2) is 57.1 Å². The number of likely N-dealkylation sites (tertiary alicyclic amines) is 1. The van der Waals surface area contributed by atoms with Gasteiger partial charge in [0, 0.05) is 41.1 Å². The molecule has 1 saturated heterocycles. The van der Waals surface area contributed by atoms with Gasteiger partial charge in [0.15, 0.2) is 11.5 Å². The molecule has 1 unspecified atom stereocenters. The van der Waals surface area contributed by atoms with Crippen LogP contribution in [0, 0.1) is 0 Å². The second-order valence-electron chi connectivity index (χ2n) is 8.11. The zero-order chi connectivity index (χ0) is 22.9. The number of halogens is 1. The second-order valence-corrected chi connectivity index (χ2v) is 8.55. The number of rotatable bonds is 6. The van der Waals surface area contributed by atoms with Gasteiger partial charge in [0.05, 0.1) is 18.1 Å². The largest absolute Gasteiger partial charge is 0.493 e. The minimum Gasteiger partial charge on any atom is -0.493 e. The van der Waals surface area contributed by atoms with Crippen molar-refractivity contribution < 1.29 is 14.6 Å². The number of nitrogens with zero attached hydrogens (tertiary/aromatic N) is 4. The zero-order valence-electron chi connectivity index (χ0n) is 18.3. The van der Waals surface area contributed by atoms with E-state index in [0.717, 1.165) is 53.6 Å². The molecule has 5 rings (SSSR count). The summed E-state index contributed by atoms with van der Waals surface area (Å²) in [7, 11) is 1.63. The highest BCUT2D eigenvalue weighted by Crippen LogP contribution is 2.36. The Bertz CT molecular complexity index is 1310. The Morgan fingerprint density at radius 1 is 1.15 bits per heavy atom. The Balaban J connectivity index is 1.51. The van der Waals surface area contributed by atoms with E-state index in [4.69, 9.17) is 21.1 Å². The molecule has 4 aromatic rings. The number of benzene rings is 2. The normalized spacial score (nSPS) is 16.2. The number of aromatic nitrogens is 3. The Morgan fingerprint density at radius 3 is 2.73 bits per heavy atom. The van der Waals surface area contributed by atoms with E-state index in [1.54, 1.807) is 19.5 Å². The first kappa shape index (κ1) is 21.7. The van der Waals surface area contributed by atoms with Crippen molar-refractivity contribution in [1.29, 1.82) is 0 Å². The summed E-state index contributed by atoms with van der Waals surface area (Å²) < 4.78 is 14.0. The van der Waals surface area contributed by atoms with E-state index in [1.165, 1.54) is 0 Å². The summed E-state index contributed by atoms with van der Waals surface area (Å²) >= 11 is 6.26. The summed E-state index contributed by atoms with van der Waals surface area (Å²) in [6.07, 6.45) is 6.07. The number of piperidine rings is 1. The van der Waals surface area contributed by atoms with Crippen LogP contribution in [0.2, 0.25) is 5.02 Å². The minimum atomic E-state index is -0.620. The molecule has 7 nitrogen and oxygen atoms in total. The highest BCUT2D eigenvalue weighted by Gasteiger charge is 2.25. The molecule has 0 saturated carbocycles. The number of fused-ring (bicyclic) bond motifs is 2. The fourth-order valence-electron chi connectivity index (χ4n) is 4.37. The third-order valence-electron chi connectivity index (χ3n) is 6.14. The highest BCUT2D eigenvalue weighted by molar-refractivity contribution is 6.31. The number of methoxy groups -OCH3 is 1. The van der Waals surface area contributed by atoms with Gasteiger partial charge in [-0.3, -0.25) is 4.90 Å². The Hall–Kier alpha value is -3.13. The molecule has 1 atom stereocenters. The standard InChI is InChI=1S/C25H25ClN4O3/c1-3-24(31)29-9-7-18(8-10-29)33-23-13-19-20(14-22(23)32-2)27-15-28-25(19)30-11-6-16-4-5-17(26)12-21(16)30/h3-6,11-15,18,24,31H,1,7-10H2,2H3. The predicted octanol–water partition coefficient (Wildman–Crippen LogP) is 4.58. The van der Waals surface area contributed by atoms with Crippen molar-refractivity contribution in [3.63, 3.8) is 0 Å². The van der Waals surface area contributed by atoms with Crippen molar-refractivity contribution >= 4 is 33.4 Å². The van der Waals surface area contributed by atoms with Gasteiger partial charge < -0.3 is 19.1 Å². The molecule has 33 heavy (non-hydrogen) atoms. The van der Waals surface area contributed by atoms with Crippen LogP contribution in [0.3, 0.4) is 0 Å². The minimum absolute atomic E-state index is 0.0175. The summed E-state index contributed by atoms with van der Waals surface area (Å²) in [5, 5.41) is 12.6. The fraction of sp³-hybridized carbons (Fsp3) is 0.280. The van der Waals surface area contributed by atoms with E-state index in [-0.39, 0.29) is 6.10 Å². The van der Waals surface area contributed by atoms with Crippen molar-refractivity contribution in [2.24, 2.45) is 0 Å². The smallest absolute Gasteiger partial charge is 0.162 e. The van der Waals surface area contributed by atoms with Gasteiger partial charge in [0.1, 0.15) is 24.5 Å². The van der Waals surface area contributed by atoms with E-state index in [0.29, 0.717) is 16.5 Å². The lowest BCUT2D eigenvalue weighted by atomic mass is 10.1. The summed E-state index contributed by atoms with van der Waals surface area (Å²) in [5.74, 6) is 2.02.